The van der Waals surface area contributed by atoms with E-state index < -0.39 is 10.0 Å². The van der Waals surface area contributed by atoms with Crippen molar-refractivity contribution in [1.29, 1.82) is 0 Å². The lowest BCUT2D eigenvalue weighted by molar-refractivity contribution is 0.240. The van der Waals surface area contributed by atoms with Crippen LogP contribution in [0.4, 0.5) is 0 Å². The third-order valence-corrected chi connectivity index (χ3v) is 3.89. The molecule has 0 saturated heterocycles. The molecule has 0 radical (unpaired) electrons. The Hall–Kier alpha value is -0.123. The van der Waals surface area contributed by atoms with E-state index in [4.69, 9.17) is 8.85 Å². The topological polar surface area (TPSA) is 18.5 Å². The second-order valence-electron chi connectivity index (χ2n) is 3.82. The van der Waals surface area contributed by atoms with Crippen LogP contribution in [-0.2, 0) is 8.85 Å². The highest BCUT2D eigenvalue weighted by molar-refractivity contribution is 6.17. The van der Waals surface area contributed by atoms with Gasteiger partial charge >= 0.3 is 10.0 Å². The lowest BCUT2D eigenvalue weighted by atomic mass is 10.1. The summed E-state index contributed by atoms with van der Waals surface area (Å²) < 4.78 is 9.98. The molecule has 2 aliphatic rings. The fraction of sp³-hybridized carbons (Fsp3) is 0.818. The molecule has 82 valence electrons. The van der Waals surface area contributed by atoms with E-state index >= 15 is 0 Å². The normalized spacial score (nSPS) is 27.6. The van der Waals surface area contributed by atoms with Crippen molar-refractivity contribution in [2.45, 2.75) is 33.1 Å². The molecule has 2 bridgehead atoms. The van der Waals surface area contributed by atoms with Gasteiger partial charge in [-0.05, 0) is 44.9 Å². The Bertz CT molecular complexity index is 155. The first kappa shape index (κ1) is 11.9. The molecule has 1 saturated carbocycles. The molecule has 0 spiro atoms. The van der Waals surface area contributed by atoms with Gasteiger partial charge in [0, 0.05) is 13.2 Å². The van der Waals surface area contributed by atoms with Crippen LogP contribution >= 0.6 is 0 Å². The molecule has 2 rings (SSSR count). The lowest BCUT2D eigenvalue weighted by Gasteiger charge is -1.96. The molecule has 0 aromatic heterocycles. The maximum absolute atomic E-state index is 4.99. The highest BCUT2D eigenvalue weighted by Crippen LogP contribution is 2.38. The highest BCUT2D eigenvalue weighted by Gasteiger charge is 2.25. The zero-order chi connectivity index (χ0) is 10.2. The molecule has 1 fully saturated rings. The first-order valence-electron chi connectivity index (χ1n) is 5.70. The summed E-state index contributed by atoms with van der Waals surface area (Å²) in [5, 5.41) is 0. The van der Waals surface area contributed by atoms with E-state index in [0.29, 0.717) is 0 Å². The number of hydrogen-bond donors (Lipinski definition) is 0. The van der Waals surface area contributed by atoms with Crippen LogP contribution in [-0.4, -0.2) is 23.2 Å². The summed E-state index contributed by atoms with van der Waals surface area (Å²) in [4.78, 5) is 0. The number of rotatable bonds is 4. The minimum atomic E-state index is -0.589. The van der Waals surface area contributed by atoms with Gasteiger partial charge in [0.15, 0.2) is 0 Å². The van der Waals surface area contributed by atoms with E-state index in [1.165, 1.54) is 19.3 Å². The smallest absolute Gasteiger partial charge is 0.304 e. The van der Waals surface area contributed by atoms with Gasteiger partial charge in [-0.25, -0.2) is 0 Å². The number of hydrogen-bond acceptors (Lipinski definition) is 2. The third kappa shape index (κ3) is 4.40. The van der Waals surface area contributed by atoms with Crippen molar-refractivity contribution in [2.24, 2.45) is 11.8 Å². The molecule has 2 aliphatic carbocycles. The highest BCUT2D eigenvalue weighted by atomic mass is 28.3. The largest absolute Gasteiger partial charge is 0.399 e. The molecular formula is C11H22O2Si. The quantitative estimate of drug-likeness (QED) is 0.405. The van der Waals surface area contributed by atoms with Crippen LogP contribution < -0.4 is 0 Å². The van der Waals surface area contributed by atoms with Crippen molar-refractivity contribution in [1.82, 2.24) is 0 Å². The van der Waals surface area contributed by atoms with Crippen LogP contribution in [0, 0.1) is 11.8 Å². The van der Waals surface area contributed by atoms with Gasteiger partial charge in [-0.15, -0.1) is 0 Å². The Morgan fingerprint density at radius 3 is 1.79 bits per heavy atom. The SMILES string of the molecule is C1=CC2CCC1C2.CCO[SiH2]OCC. The average Bonchev–Trinajstić information content (AvgIpc) is 2.83. The van der Waals surface area contributed by atoms with Gasteiger partial charge in [-0.3, -0.25) is 0 Å². The Labute approximate surface area is 89.7 Å². The van der Waals surface area contributed by atoms with E-state index in [0.717, 1.165) is 25.0 Å². The monoisotopic (exact) mass is 214 g/mol. The molecule has 2 nitrogen and oxygen atoms in total. The number of allylic oxidation sites excluding steroid dienone is 2. The van der Waals surface area contributed by atoms with Gasteiger partial charge in [0.25, 0.3) is 0 Å². The molecule has 0 aromatic rings. The van der Waals surface area contributed by atoms with Gasteiger partial charge in [0.1, 0.15) is 0 Å². The summed E-state index contributed by atoms with van der Waals surface area (Å²) >= 11 is 0. The first-order valence-corrected chi connectivity index (χ1v) is 6.86. The average molecular weight is 214 g/mol. The fourth-order valence-electron chi connectivity index (χ4n) is 1.94. The maximum Gasteiger partial charge on any atom is 0.304 e. The molecule has 0 aromatic carbocycles. The van der Waals surface area contributed by atoms with Crippen LogP contribution in [0.2, 0.25) is 0 Å². The van der Waals surface area contributed by atoms with Crippen molar-refractivity contribution < 1.29 is 8.85 Å². The molecule has 2 unspecified atom stereocenters. The summed E-state index contributed by atoms with van der Waals surface area (Å²) in [7, 11) is -0.589. The van der Waals surface area contributed by atoms with Crippen LogP contribution in [0.5, 0.6) is 0 Å². The molecule has 2 atom stereocenters. The van der Waals surface area contributed by atoms with E-state index in [1.54, 1.807) is 0 Å². The Balaban J connectivity index is 0.000000140. The van der Waals surface area contributed by atoms with Crippen LogP contribution in [0.3, 0.4) is 0 Å². The molecule has 3 heteroatoms. The van der Waals surface area contributed by atoms with Gasteiger partial charge in [0.2, 0.25) is 0 Å². The Morgan fingerprint density at radius 1 is 1.07 bits per heavy atom. The standard InChI is InChI=1S/C7H10.C4H12O2Si/c1-2-7-4-3-6(1)5-7;1-3-5-7-6-4-2/h1-2,6-7H,3-5H2;3-4,7H2,1-2H3. The van der Waals surface area contributed by atoms with Crippen molar-refractivity contribution in [3.8, 4) is 0 Å². The minimum absolute atomic E-state index is 0.589. The predicted octanol–water partition coefficient (Wildman–Crippen LogP) is 2.03. The van der Waals surface area contributed by atoms with E-state index in [9.17, 15) is 0 Å². The van der Waals surface area contributed by atoms with E-state index in [1.807, 2.05) is 13.8 Å². The third-order valence-electron chi connectivity index (χ3n) is 2.74. The summed E-state index contributed by atoms with van der Waals surface area (Å²) in [5.74, 6) is 1.98. The van der Waals surface area contributed by atoms with Crippen LogP contribution in [0.1, 0.15) is 33.1 Å². The van der Waals surface area contributed by atoms with E-state index in [2.05, 4.69) is 12.2 Å². The predicted molar refractivity (Wildman–Crippen MR) is 61.8 cm³/mol. The molecular weight excluding hydrogens is 192 g/mol. The molecule has 14 heavy (non-hydrogen) atoms. The zero-order valence-electron chi connectivity index (χ0n) is 9.37. The fourth-order valence-corrected chi connectivity index (χ4v) is 2.39. The van der Waals surface area contributed by atoms with Crippen LogP contribution in [0.25, 0.3) is 0 Å². The zero-order valence-corrected chi connectivity index (χ0v) is 10.8. The molecule has 0 N–H and O–H groups in total. The molecule has 0 aliphatic heterocycles. The van der Waals surface area contributed by atoms with Gasteiger partial charge < -0.3 is 8.85 Å². The van der Waals surface area contributed by atoms with Crippen molar-refractivity contribution in [3.63, 3.8) is 0 Å². The van der Waals surface area contributed by atoms with Gasteiger partial charge in [-0.2, -0.15) is 0 Å². The van der Waals surface area contributed by atoms with Crippen molar-refractivity contribution in [2.75, 3.05) is 13.2 Å². The van der Waals surface area contributed by atoms with Crippen LogP contribution in [0.15, 0.2) is 12.2 Å². The maximum atomic E-state index is 4.99. The summed E-state index contributed by atoms with van der Waals surface area (Å²) in [6, 6.07) is 0. The lowest BCUT2D eigenvalue weighted by Crippen LogP contribution is -2.02. The summed E-state index contributed by atoms with van der Waals surface area (Å²) in [5.41, 5.74) is 0. The Morgan fingerprint density at radius 2 is 1.57 bits per heavy atom. The Kier molecular flexibility index (Phi) is 6.15. The first-order chi connectivity index (χ1) is 6.86. The molecule has 0 heterocycles. The summed E-state index contributed by atoms with van der Waals surface area (Å²) in [6.45, 7) is 5.55. The van der Waals surface area contributed by atoms with E-state index in [-0.39, 0.29) is 0 Å². The van der Waals surface area contributed by atoms with Gasteiger partial charge in [0.05, 0.1) is 0 Å². The minimum Gasteiger partial charge on any atom is -0.399 e. The number of fused-ring (bicyclic) bond motifs is 2. The second kappa shape index (κ2) is 7.21. The molecule has 0 amide bonds. The second-order valence-corrected chi connectivity index (χ2v) is 4.87. The van der Waals surface area contributed by atoms with Crippen molar-refractivity contribution in [3.05, 3.63) is 12.2 Å². The van der Waals surface area contributed by atoms with Crippen molar-refractivity contribution >= 4 is 10.0 Å². The van der Waals surface area contributed by atoms with Gasteiger partial charge in [-0.1, -0.05) is 12.2 Å². The summed E-state index contributed by atoms with van der Waals surface area (Å²) in [6.07, 6.45) is 9.19.